The number of sulfonamides is 1. The maximum atomic E-state index is 14.5. The molecule has 4 aromatic rings. The fourth-order valence-electron chi connectivity index (χ4n) is 4.79. The van der Waals surface area contributed by atoms with Gasteiger partial charge in [-0.05, 0) is 81.3 Å². The molecule has 0 bridgehead atoms. The summed E-state index contributed by atoms with van der Waals surface area (Å²) in [6.07, 6.45) is 0.210. The Hall–Kier alpha value is -3.66. The van der Waals surface area contributed by atoms with Crippen molar-refractivity contribution < 1.29 is 18.0 Å². The molecule has 0 aliphatic rings. The number of hydrogen-bond donors (Lipinski definition) is 1. The van der Waals surface area contributed by atoms with Gasteiger partial charge in [0, 0.05) is 28.0 Å². The third-order valence-corrected chi connectivity index (χ3v) is 9.76. The van der Waals surface area contributed by atoms with Gasteiger partial charge in [-0.1, -0.05) is 93.8 Å². The highest BCUT2D eigenvalue weighted by atomic mass is 79.9. The summed E-state index contributed by atoms with van der Waals surface area (Å²) in [5.41, 5.74) is 2.11. The van der Waals surface area contributed by atoms with E-state index in [-0.39, 0.29) is 23.8 Å². The number of rotatable bonds is 11. The predicted octanol–water partition coefficient (Wildman–Crippen LogP) is 7.16. The van der Waals surface area contributed by atoms with Crippen molar-refractivity contribution in [3.8, 4) is 0 Å². The van der Waals surface area contributed by atoms with Crippen molar-refractivity contribution >= 4 is 55.1 Å². The van der Waals surface area contributed by atoms with Crippen LogP contribution in [0.1, 0.15) is 37.5 Å². The minimum atomic E-state index is -4.18. The van der Waals surface area contributed by atoms with Crippen molar-refractivity contribution in [1.82, 2.24) is 10.2 Å². The zero-order valence-electron chi connectivity index (χ0n) is 25.7. The van der Waals surface area contributed by atoms with Gasteiger partial charge in [0.2, 0.25) is 11.8 Å². The van der Waals surface area contributed by atoms with Crippen molar-refractivity contribution in [3.63, 3.8) is 0 Å². The zero-order valence-corrected chi connectivity index (χ0v) is 28.9. The first-order valence-corrected chi connectivity index (χ1v) is 17.1. The molecule has 1 N–H and O–H groups in total. The number of halogens is 2. The molecule has 236 valence electrons. The van der Waals surface area contributed by atoms with Crippen molar-refractivity contribution in [2.75, 3.05) is 10.8 Å². The maximum absolute atomic E-state index is 14.5. The molecule has 10 heteroatoms. The van der Waals surface area contributed by atoms with Gasteiger partial charge in [-0.3, -0.25) is 13.9 Å². The highest BCUT2D eigenvalue weighted by molar-refractivity contribution is 9.10. The first-order chi connectivity index (χ1) is 21.2. The topological polar surface area (TPSA) is 86.8 Å². The monoisotopic (exact) mass is 709 g/mol. The highest BCUT2D eigenvalue weighted by Gasteiger charge is 2.35. The number of aryl methyl sites for hydroxylation is 1. The average Bonchev–Trinajstić information content (AvgIpc) is 2.99. The molecule has 0 saturated carbocycles. The molecule has 4 rings (SSSR count). The lowest BCUT2D eigenvalue weighted by Gasteiger charge is -2.35. The average molecular weight is 711 g/mol. The summed E-state index contributed by atoms with van der Waals surface area (Å²) in [5, 5.41) is 3.46. The smallest absolute Gasteiger partial charge is 0.264 e. The van der Waals surface area contributed by atoms with Crippen LogP contribution in [0.25, 0.3) is 0 Å². The van der Waals surface area contributed by atoms with Gasteiger partial charge < -0.3 is 10.2 Å². The Morgan fingerprint density at radius 2 is 1.47 bits per heavy atom. The summed E-state index contributed by atoms with van der Waals surface area (Å²) in [4.78, 5) is 30.0. The summed E-state index contributed by atoms with van der Waals surface area (Å²) in [6.45, 7) is 6.92. The van der Waals surface area contributed by atoms with Crippen molar-refractivity contribution in [2.24, 2.45) is 0 Å². The Morgan fingerprint density at radius 1 is 0.867 bits per heavy atom. The van der Waals surface area contributed by atoms with Crippen molar-refractivity contribution in [3.05, 3.63) is 129 Å². The van der Waals surface area contributed by atoms with E-state index in [1.54, 1.807) is 60.7 Å². The van der Waals surface area contributed by atoms with E-state index in [0.29, 0.717) is 16.3 Å². The van der Waals surface area contributed by atoms with E-state index >= 15 is 0 Å². The molecule has 45 heavy (non-hydrogen) atoms. The Kier molecular flexibility index (Phi) is 11.1. The molecule has 0 heterocycles. The molecule has 0 aliphatic carbocycles. The van der Waals surface area contributed by atoms with Crippen LogP contribution in [0.2, 0.25) is 5.02 Å². The van der Waals surface area contributed by atoms with Gasteiger partial charge in [-0.2, -0.15) is 0 Å². The van der Waals surface area contributed by atoms with Crippen LogP contribution in [0.4, 0.5) is 5.69 Å². The van der Waals surface area contributed by atoms with E-state index in [1.165, 1.54) is 17.0 Å². The number of carbonyl (C=O) groups excluding carboxylic acids is 2. The fourth-order valence-corrected chi connectivity index (χ4v) is 6.66. The molecular formula is C35H37BrClN3O4S. The minimum Gasteiger partial charge on any atom is -0.350 e. The van der Waals surface area contributed by atoms with Crippen LogP contribution in [0.15, 0.2) is 112 Å². The number of anilines is 1. The third-order valence-electron chi connectivity index (χ3n) is 7.07. The number of hydrogen-bond acceptors (Lipinski definition) is 4. The molecular weight excluding hydrogens is 674 g/mol. The second kappa shape index (κ2) is 14.6. The highest BCUT2D eigenvalue weighted by Crippen LogP contribution is 2.27. The van der Waals surface area contributed by atoms with E-state index in [0.717, 1.165) is 19.9 Å². The maximum Gasteiger partial charge on any atom is 0.264 e. The molecule has 0 aliphatic heterocycles. The fraction of sp³-hybridized carbons (Fsp3) is 0.257. The van der Waals surface area contributed by atoms with E-state index in [9.17, 15) is 18.0 Å². The summed E-state index contributed by atoms with van der Waals surface area (Å²) in [6, 6.07) is 28.7. The normalized spacial score (nSPS) is 12.3. The predicted molar refractivity (Wildman–Crippen MR) is 184 cm³/mol. The van der Waals surface area contributed by atoms with E-state index < -0.39 is 34.1 Å². The number of benzene rings is 4. The van der Waals surface area contributed by atoms with Crippen LogP contribution in [0, 0.1) is 6.92 Å². The lowest BCUT2D eigenvalue weighted by atomic mass is 10.0. The van der Waals surface area contributed by atoms with Crippen LogP contribution in [0.3, 0.4) is 0 Å². The molecule has 7 nitrogen and oxygen atoms in total. The number of carbonyl (C=O) groups is 2. The van der Waals surface area contributed by atoms with Crippen molar-refractivity contribution in [1.29, 1.82) is 0 Å². The molecule has 0 radical (unpaired) electrons. The van der Waals surface area contributed by atoms with E-state index in [1.807, 2.05) is 58.0 Å². The minimum absolute atomic E-state index is 0.00761. The van der Waals surface area contributed by atoms with Crippen LogP contribution < -0.4 is 9.62 Å². The van der Waals surface area contributed by atoms with Crippen LogP contribution in [0.5, 0.6) is 0 Å². The standard InChI is InChI=1S/C35H37BrClN3O4S/c1-25-14-20-30(21-15-25)45(43,44)40(29-18-16-28(36)17-19-29)24-33(41)39(23-27-12-8-9-13-31(27)37)32(34(42)38-35(2,3)4)22-26-10-6-5-7-11-26/h5-21,32H,22-24H2,1-4H3,(H,38,42). The molecule has 0 aromatic heterocycles. The van der Waals surface area contributed by atoms with Crippen molar-refractivity contribution in [2.45, 2.75) is 57.1 Å². The third kappa shape index (κ3) is 9.19. The Balaban J connectivity index is 1.82. The molecule has 2 amide bonds. The van der Waals surface area contributed by atoms with Gasteiger partial charge in [0.15, 0.2) is 0 Å². The van der Waals surface area contributed by atoms with Crippen LogP contribution >= 0.6 is 27.5 Å². The Morgan fingerprint density at radius 3 is 2.07 bits per heavy atom. The van der Waals surface area contributed by atoms with Gasteiger partial charge >= 0.3 is 0 Å². The Bertz CT molecular complexity index is 1730. The van der Waals surface area contributed by atoms with Gasteiger partial charge in [0.1, 0.15) is 12.6 Å². The molecule has 0 saturated heterocycles. The first kappa shape index (κ1) is 34.2. The second-order valence-electron chi connectivity index (χ2n) is 11.9. The molecule has 1 atom stereocenters. The SMILES string of the molecule is Cc1ccc(S(=O)(=O)N(CC(=O)N(Cc2ccccc2Cl)C(Cc2ccccc2)C(=O)NC(C)(C)C)c2ccc(Br)cc2)cc1. The molecule has 1 unspecified atom stereocenters. The quantitative estimate of drug-likeness (QED) is 0.179. The first-order valence-electron chi connectivity index (χ1n) is 14.5. The van der Waals surface area contributed by atoms with Crippen LogP contribution in [-0.4, -0.2) is 43.3 Å². The van der Waals surface area contributed by atoms with E-state index in [2.05, 4.69) is 21.2 Å². The summed E-state index contributed by atoms with van der Waals surface area (Å²) in [5.74, 6) is -0.915. The van der Waals surface area contributed by atoms with E-state index in [4.69, 9.17) is 11.6 Å². The lowest BCUT2D eigenvalue weighted by molar-refractivity contribution is -0.140. The molecule has 4 aromatic carbocycles. The summed E-state index contributed by atoms with van der Waals surface area (Å²) in [7, 11) is -4.18. The Labute approximate surface area is 279 Å². The molecule has 0 spiro atoms. The van der Waals surface area contributed by atoms with Gasteiger partial charge in [-0.15, -0.1) is 0 Å². The molecule has 0 fully saturated rings. The van der Waals surface area contributed by atoms with Gasteiger partial charge in [0.25, 0.3) is 10.0 Å². The number of amides is 2. The lowest BCUT2D eigenvalue weighted by Crippen LogP contribution is -2.56. The van der Waals surface area contributed by atoms with Gasteiger partial charge in [-0.25, -0.2) is 8.42 Å². The van der Waals surface area contributed by atoms with Gasteiger partial charge in [0.05, 0.1) is 10.6 Å². The summed E-state index contributed by atoms with van der Waals surface area (Å²) >= 11 is 9.96. The summed E-state index contributed by atoms with van der Waals surface area (Å²) < 4.78 is 30.1. The largest absolute Gasteiger partial charge is 0.350 e. The number of nitrogens with zero attached hydrogens (tertiary/aromatic N) is 2. The second-order valence-corrected chi connectivity index (χ2v) is 15.0. The number of nitrogens with one attached hydrogen (secondary N) is 1. The zero-order chi connectivity index (χ0) is 32.8. The van der Waals surface area contributed by atoms with Crippen LogP contribution in [-0.2, 0) is 32.6 Å².